The normalized spacial score (nSPS) is 14.5. The maximum absolute atomic E-state index is 13.6. The number of rotatable bonds is 9. The number of benzene rings is 2. The average molecular weight is 456 g/mol. The van der Waals surface area contributed by atoms with E-state index in [1.54, 1.807) is 18.2 Å². The molecule has 170 valence electrons. The summed E-state index contributed by atoms with van der Waals surface area (Å²) >= 11 is 0. The van der Waals surface area contributed by atoms with Crippen LogP contribution in [0.5, 0.6) is 11.5 Å². The molecule has 7 nitrogen and oxygen atoms in total. The first-order valence-corrected chi connectivity index (χ1v) is 11.5. The van der Waals surface area contributed by atoms with Gasteiger partial charge in [-0.2, -0.15) is 8.78 Å². The van der Waals surface area contributed by atoms with Gasteiger partial charge in [0.05, 0.1) is 23.4 Å². The molecule has 0 saturated carbocycles. The van der Waals surface area contributed by atoms with E-state index in [0.29, 0.717) is 30.9 Å². The van der Waals surface area contributed by atoms with E-state index >= 15 is 0 Å². The molecule has 0 atom stereocenters. The second-order valence-corrected chi connectivity index (χ2v) is 8.86. The molecule has 3 rings (SSSR count). The van der Waals surface area contributed by atoms with Crippen LogP contribution in [0.4, 0.5) is 20.2 Å². The van der Waals surface area contributed by atoms with Gasteiger partial charge in [-0.25, -0.2) is 8.42 Å². The maximum atomic E-state index is 13.6. The van der Waals surface area contributed by atoms with Gasteiger partial charge < -0.3 is 19.7 Å². The minimum atomic E-state index is -4.05. The summed E-state index contributed by atoms with van der Waals surface area (Å²) in [6, 6.07) is 10.6. The van der Waals surface area contributed by atoms with Gasteiger partial charge in [0, 0.05) is 32.7 Å². The van der Waals surface area contributed by atoms with Crippen molar-refractivity contribution in [1.82, 2.24) is 5.32 Å². The predicted octanol–water partition coefficient (Wildman–Crippen LogP) is 3.31. The van der Waals surface area contributed by atoms with Crippen LogP contribution in [0.1, 0.15) is 13.3 Å². The SMILES string of the molecule is CCCN(c1ccccc1OC(F)F)S(=O)(=O)c1ccc(OC)c(N2CCNCC2)c1. The monoisotopic (exact) mass is 455 g/mol. The zero-order valence-electron chi connectivity index (χ0n) is 17.6. The van der Waals surface area contributed by atoms with E-state index in [9.17, 15) is 17.2 Å². The lowest BCUT2D eigenvalue weighted by Crippen LogP contribution is -2.43. The number of hydrogen-bond donors (Lipinski definition) is 1. The highest BCUT2D eigenvalue weighted by Crippen LogP contribution is 2.36. The molecular weight excluding hydrogens is 428 g/mol. The van der Waals surface area contributed by atoms with Crippen molar-refractivity contribution in [2.24, 2.45) is 0 Å². The minimum absolute atomic E-state index is 0.0575. The van der Waals surface area contributed by atoms with Crippen LogP contribution in [-0.4, -0.2) is 54.9 Å². The first-order valence-electron chi connectivity index (χ1n) is 10.1. The Balaban J connectivity index is 2.06. The van der Waals surface area contributed by atoms with Crippen molar-refractivity contribution in [2.45, 2.75) is 24.9 Å². The van der Waals surface area contributed by atoms with Gasteiger partial charge in [0.25, 0.3) is 10.0 Å². The van der Waals surface area contributed by atoms with Gasteiger partial charge in [0.2, 0.25) is 0 Å². The zero-order valence-corrected chi connectivity index (χ0v) is 18.4. The fraction of sp³-hybridized carbons (Fsp3) is 0.429. The molecule has 31 heavy (non-hydrogen) atoms. The van der Waals surface area contributed by atoms with Gasteiger partial charge in [-0.05, 0) is 36.8 Å². The molecule has 1 aliphatic rings. The number of halogens is 2. The van der Waals surface area contributed by atoms with Gasteiger partial charge in [-0.3, -0.25) is 4.31 Å². The van der Waals surface area contributed by atoms with E-state index in [4.69, 9.17) is 4.74 Å². The Morgan fingerprint density at radius 2 is 1.84 bits per heavy atom. The lowest BCUT2D eigenvalue weighted by molar-refractivity contribution is -0.0494. The first kappa shape index (κ1) is 23.1. The molecule has 0 spiro atoms. The lowest BCUT2D eigenvalue weighted by atomic mass is 10.2. The third-order valence-electron chi connectivity index (χ3n) is 4.97. The summed E-state index contributed by atoms with van der Waals surface area (Å²) in [5.74, 6) is 0.384. The van der Waals surface area contributed by atoms with E-state index in [1.807, 2.05) is 6.92 Å². The Kier molecular flexibility index (Phi) is 7.55. The number of methoxy groups -OCH3 is 1. The molecule has 0 amide bonds. The number of piperazine rings is 1. The number of para-hydroxylation sites is 2. The number of ether oxygens (including phenoxy) is 2. The second-order valence-electron chi connectivity index (χ2n) is 6.99. The summed E-state index contributed by atoms with van der Waals surface area (Å²) in [6.45, 7) is 1.85. The van der Waals surface area contributed by atoms with Crippen molar-refractivity contribution in [3.8, 4) is 11.5 Å². The van der Waals surface area contributed by atoms with Crippen LogP contribution in [0, 0.1) is 0 Å². The zero-order chi connectivity index (χ0) is 22.4. The van der Waals surface area contributed by atoms with Crippen molar-refractivity contribution in [3.63, 3.8) is 0 Å². The van der Waals surface area contributed by atoms with Gasteiger partial charge in [-0.1, -0.05) is 19.1 Å². The van der Waals surface area contributed by atoms with E-state index in [0.717, 1.165) is 17.4 Å². The summed E-state index contributed by atoms with van der Waals surface area (Å²) < 4.78 is 64.2. The number of nitrogens with one attached hydrogen (secondary N) is 1. The van der Waals surface area contributed by atoms with Crippen molar-refractivity contribution >= 4 is 21.4 Å². The molecule has 1 heterocycles. The number of anilines is 2. The highest BCUT2D eigenvalue weighted by molar-refractivity contribution is 7.92. The Labute approximate surface area is 181 Å². The Morgan fingerprint density at radius 1 is 1.13 bits per heavy atom. The Bertz CT molecular complexity index is 982. The maximum Gasteiger partial charge on any atom is 0.387 e. The molecule has 10 heteroatoms. The quantitative estimate of drug-likeness (QED) is 0.626. The van der Waals surface area contributed by atoms with E-state index < -0.39 is 16.6 Å². The van der Waals surface area contributed by atoms with Gasteiger partial charge in [-0.15, -0.1) is 0 Å². The molecule has 1 saturated heterocycles. The predicted molar refractivity (Wildman–Crippen MR) is 116 cm³/mol. The highest BCUT2D eigenvalue weighted by Gasteiger charge is 2.29. The second kappa shape index (κ2) is 10.1. The first-order chi connectivity index (χ1) is 14.9. The van der Waals surface area contributed by atoms with Gasteiger partial charge in [0.1, 0.15) is 11.5 Å². The summed E-state index contributed by atoms with van der Waals surface area (Å²) in [5.41, 5.74) is 0.753. The third-order valence-corrected chi connectivity index (χ3v) is 6.78. The Hall–Kier alpha value is -2.59. The Morgan fingerprint density at radius 3 is 2.48 bits per heavy atom. The summed E-state index contributed by atoms with van der Waals surface area (Å²) in [4.78, 5) is 2.12. The van der Waals surface area contributed by atoms with Crippen molar-refractivity contribution in [1.29, 1.82) is 0 Å². The fourth-order valence-corrected chi connectivity index (χ4v) is 5.13. The van der Waals surface area contributed by atoms with E-state index in [2.05, 4.69) is 15.0 Å². The van der Waals surface area contributed by atoms with Crippen LogP contribution >= 0.6 is 0 Å². The lowest BCUT2D eigenvalue weighted by Gasteiger charge is -2.31. The van der Waals surface area contributed by atoms with Crippen molar-refractivity contribution in [2.75, 3.05) is 49.0 Å². The molecule has 2 aromatic carbocycles. The molecule has 0 unspecified atom stereocenters. The molecule has 2 aromatic rings. The third kappa shape index (κ3) is 5.19. The van der Waals surface area contributed by atoms with Gasteiger partial charge in [0.15, 0.2) is 0 Å². The average Bonchev–Trinajstić information content (AvgIpc) is 2.77. The van der Waals surface area contributed by atoms with E-state index in [-0.39, 0.29) is 22.9 Å². The van der Waals surface area contributed by atoms with Gasteiger partial charge >= 0.3 is 6.61 Å². The molecule has 0 aliphatic carbocycles. The molecule has 1 fully saturated rings. The standard InChI is InChI=1S/C21H27F2N3O4S/c1-3-12-26(17-6-4-5-7-20(17)30-21(22)23)31(27,28)16-8-9-19(29-2)18(15-16)25-13-10-24-11-14-25/h4-9,15,21,24H,3,10-14H2,1-2H3. The molecular formula is C21H27F2N3O4S. The topological polar surface area (TPSA) is 71.1 Å². The largest absolute Gasteiger partial charge is 0.495 e. The number of hydrogen-bond acceptors (Lipinski definition) is 6. The van der Waals surface area contributed by atoms with Crippen molar-refractivity contribution in [3.05, 3.63) is 42.5 Å². The smallest absolute Gasteiger partial charge is 0.387 e. The minimum Gasteiger partial charge on any atom is -0.495 e. The summed E-state index contributed by atoms with van der Waals surface area (Å²) in [6.07, 6.45) is 0.489. The molecule has 1 N–H and O–H groups in total. The van der Waals surface area contributed by atoms with Crippen LogP contribution in [0.3, 0.4) is 0 Å². The number of alkyl halides is 2. The van der Waals surface area contributed by atoms with Crippen LogP contribution in [0.25, 0.3) is 0 Å². The van der Waals surface area contributed by atoms with E-state index in [1.165, 1.54) is 31.4 Å². The number of nitrogens with zero attached hydrogens (tertiary/aromatic N) is 2. The molecule has 0 radical (unpaired) electrons. The highest BCUT2D eigenvalue weighted by atomic mass is 32.2. The van der Waals surface area contributed by atoms with Crippen LogP contribution in [0.15, 0.2) is 47.4 Å². The molecule has 0 aromatic heterocycles. The van der Waals surface area contributed by atoms with Crippen LogP contribution < -0.4 is 24.0 Å². The van der Waals surface area contributed by atoms with Crippen LogP contribution in [-0.2, 0) is 10.0 Å². The molecule has 1 aliphatic heterocycles. The molecule has 0 bridgehead atoms. The summed E-state index contributed by atoms with van der Waals surface area (Å²) in [7, 11) is -2.51. The van der Waals surface area contributed by atoms with Crippen LogP contribution in [0.2, 0.25) is 0 Å². The van der Waals surface area contributed by atoms with Crippen molar-refractivity contribution < 1.29 is 26.7 Å². The number of sulfonamides is 1. The summed E-state index contributed by atoms with van der Waals surface area (Å²) in [5, 5.41) is 3.26. The fourth-order valence-electron chi connectivity index (χ4n) is 3.54.